The summed E-state index contributed by atoms with van der Waals surface area (Å²) in [6, 6.07) is 0. The van der Waals surface area contributed by atoms with E-state index in [2.05, 4.69) is 13.8 Å². The van der Waals surface area contributed by atoms with Crippen LogP contribution >= 0.6 is 0 Å². The van der Waals surface area contributed by atoms with Gasteiger partial charge in [0, 0.05) is 12.8 Å². The first-order valence-electron chi connectivity index (χ1n) is 27.7. The average Bonchev–Trinajstić information content (AvgIpc) is 3.26. The number of hydrogen-bond acceptors (Lipinski definition) is 8. The van der Waals surface area contributed by atoms with Gasteiger partial charge in [-0.05, 0) is 12.8 Å². The Balaban J connectivity index is 4.08. The van der Waals surface area contributed by atoms with Gasteiger partial charge in [-0.3, -0.25) is 9.59 Å². The molecule has 0 saturated heterocycles. The predicted molar refractivity (Wildman–Crippen MR) is 265 cm³/mol. The zero-order chi connectivity index (χ0) is 47.0. The smallest absolute Gasteiger partial charge is 0.306 e. The first-order chi connectivity index (χ1) is 31.1. The summed E-state index contributed by atoms with van der Waals surface area (Å²) >= 11 is 0. The summed E-state index contributed by atoms with van der Waals surface area (Å²) in [6.45, 7) is 4.79. The van der Waals surface area contributed by atoms with Crippen LogP contribution in [0.25, 0.3) is 0 Å². The monoisotopic (exact) mass is 910 g/mol. The standard InChI is InChI=1S/C55H107NO8/c1-6-8-10-12-14-16-18-19-20-21-22-23-24-25-26-27-28-29-30-31-32-33-34-36-38-40-42-44-46-53(58)64-51(50-63-55(54(59)60)61-48-47-56(3,4)5)49-62-52(57)45-43-41-39-37-35-17-15-13-11-9-7-2/h51,55H,6-50H2,1-5H3. The maximum atomic E-state index is 12.8. The van der Waals surface area contributed by atoms with E-state index < -0.39 is 24.3 Å². The van der Waals surface area contributed by atoms with Crippen molar-refractivity contribution in [3.63, 3.8) is 0 Å². The number of likely N-dealkylation sites (N-methyl/N-ethyl adjacent to an activating group) is 1. The second-order valence-corrected chi connectivity index (χ2v) is 20.2. The lowest BCUT2D eigenvalue weighted by Gasteiger charge is -2.26. The Bertz CT molecular complexity index is 1020. The number of carboxylic acid groups (broad SMARTS) is 1. The van der Waals surface area contributed by atoms with E-state index in [1.807, 2.05) is 21.1 Å². The van der Waals surface area contributed by atoms with Crippen molar-refractivity contribution in [1.82, 2.24) is 0 Å². The van der Waals surface area contributed by atoms with Crippen LogP contribution in [0.1, 0.15) is 277 Å². The van der Waals surface area contributed by atoms with Crippen molar-refractivity contribution in [2.75, 3.05) is 47.5 Å². The molecule has 9 nitrogen and oxygen atoms in total. The quantitative estimate of drug-likeness (QED) is 0.0257. The predicted octanol–water partition coefficient (Wildman–Crippen LogP) is 14.3. The fraction of sp³-hybridized carbons (Fsp3) is 0.945. The molecule has 2 atom stereocenters. The van der Waals surface area contributed by atoms with Gasteiger partial charge < -0.3 is 33.3 Å². The number of hydrogen-bond donors (Lipinski definition) is 0. The van der Waals surface area contributed by atoms with Crippen LogP contribution in [0.5, 0.6) is 0 Å². The number of carbonyl (C=O) groups excluding carboxylic acids is 3. The molecule has 0 rings (SSSR count). The van der Waals surface area contributed by atoms with Crippen molar-refractivity contribution in [1.29, 1.82) is 0 Å². The lowest BCUT2D eigenvalue weighted by atomic mass is 10.0. The molecule has 0 radical (unpaired) electrons. The second-order valence-electron chi connectivity index (χ2n) is 20.2. The maximum absolute atomic E-state index is 12.8. The zero-order valence-corrected chi connectivity index (χ0v) is 43.2. The molecule has 9 heteroatoms. The minimum atomic E-state index is -1.61. The number of rotatable bonds is 52. The fourth-order valence-corrected chi connectivity index (χ4v) is 8.30. The Morgan fingerprint density at radius 3 is 1.00 bits per heavy atom. The molecular formula is C55H107NO8. The van der Waals surface area contributed by atoms with Crippen LogP contribution in [0.3, 0.4) is 0 Å². The van der Waals surface area contributed by atoms with Gasteiger partial charge in [0.25, 0.3) is 0 Å². The third-order valence-electron chi connectivity index (χ3n) is 12.6. The molecule has 0 aromatic heterocycles. The third-order valence-corrected chi connectivity index (χ3v) is 12.6. The lowest BCUT2D eigenvalue weighted by Crippen LogP contribution is -2.44. The van der Waals surface area contributed by atoms with Crippen LogP contribution in [-0.2, 0) is 33.3 Å². The molecule has 0 fully saturated rings. The topological polar surface area (TPSA) is 111 Å². The van der Waals surface area contributed by atoms with Crippen LogP contribution < -0.4 is 5.11 Å². The van der Waals surface area contributed by atoms with Gasteiger partial charge in [0.15, 0.2) is 12.4 Å². The van der Waals surface area contributed by atoms with Gasteiger partial charge in [0.2, 0.25) is 0 Å². The zero-order valence-electron chi connectivity index (χ0n) is 43.2. The molecule has 0 aromatic carbocycles. The number of nitrogens with zero attached hydrogens (tertiary/aromatic N) is 1. The summed E-state index contributed by atoms with van der Waals surface area (Å²) in [4.78, 5) is 37.1. The highest BCUT2D eigenvalue weighted by Gasteiger charge is 2.22. The third kappa shape index (κ3) is 48.2. The molecular weight excluding hydrogens is 803 g/mol. The highest BCUT2D eigenvalue weighted by atomic mass is 16.7. The van der Waals surface area contributed by atoms with Crippen molar-refractivity contribution < 1.29 is 42.9 Å². The van der Waals surface area contributed by atoms with E-state index in [9.17, 15) is 19.5 Å². The van der Waals surface area contributed by atoms with Crippen molar-refractivity contribution in [2.45, 2.75) is 289 Å². The summed E-state index contributed by atoms with van der Waals surface area (Å²) in [5.41, 5.74) is 0. The van der Waals surface area contributed by atoms with Crippen LogP contribution in [0.4, 0.5) is 0 Å². The number of carboxylic acids is 1. The van der Waals surface area contributed by atoms with Gasteiger partial charge in [0.1, 0.15) is 13.2 Å². The van der Waals surface area contributed by atoms with E-state index in [0.29, 0.717) is 17.4 Å². The number of aliphatic carboxylic acids is 1. The van der Waals surface area contributed by atoms with Crippen molar-refractivity contribution in [3.05, 3.63) is 0 Å². The Morgan fingerprint density at radius 1 is 0.406 bits per heavy atom. The van der Waals surface area contributed by atoms with Gasteiger partial charge in [-0.25, -0.2) is 0 Å². The van der Waals surface area contributed by atoms with Gasteiger partial charge in [-0.2, -0.15) is 0 Å². The minimum absolute atomic E-state index is 0.153. The fourth-order valence-electron chi connectivity index (χ4n) is 8.30. The second kappa shape index (κ2) is 47.8. The maximum Gasteiger partial charge on any atom is 0.306 e. The summed E-state index contributed by atoms with van der Waals surface area (Å²) in [6.07, 6.45) is 48.8. The summed E-state index contributed by atoms with van der Waals surface area (Å²) in [5, 5.41) is 11.7. The van der Waals surface area contributed by atoms with Crippen LogP contribution in [0, 0.1) is 0 Å². The number of quaternary nitrogens is 1. The molecule has 0 bridgehead atoms. The van der Waals surface area contributed by atoms with Crippen LogP contribution in [0.2, 0.25) is 0 Å². The van der Waals surface area contributed by atoms with E-state index >= 15 is 0 Å². The van der Waals surface area contributed by atoms with E-state index in [4.69, 9.17) is 18.9 Å². The van der Waals surface area contributed by atoms with Gasteiger partial charge >= 0.3 is 11.9 Å². The highest BCUT2D eigenvalue weighted by molar-refractivity contribution is 5.70. The molecule has 0 aliphatic heterocycles. The minimum Gasteiger partial charge on any atom is -0.545 e. The molecule has 0 spiro atoms. The highest BCUT2D eigenvalue weighted by Crippen LogP contribution is 2.18. The molecule has 0 heterocycles. The molecule has 380 valence electrons. The van der Waals surface area contributed by atoms with Crippen molar-refractivity contribution >= 4 is 17.9 Å². The first-order valence-corrected chi connectivity index (χ1v) is 27.7. The van der Waals surface area contributed by atoms with Gasteiger partial charge in [-0.15, -0.1) is 0 Å². The molecule has 64 heavy (non-hydrogen) atoms. The van der Waals surface area contributed by atoms with E-state index in [0.717, 1.165) is 38.5 Å². The Hall–Kier alpha value is -1.71. The molecule has 0 aliphatic carbocycles. The molecule has 0 aromatic rings. The van der Waals surface area contributed by atoms with Gasteiger partial charge in [-0.1, -0.05) is 251 Å². The Kier molecular flexibility index (Phi) is 46.5. The molecule has 0 aliphatic rings. The number of carbonyl (C=O) groups is 3. The SMILES string of the molecule is CCCCCCCCCCCCCCCCCCCCCCCCCCCCCCC(=O)OC(COC(=O)CCCCCCCCCCCCC)COC(OCC[N+](C)(C)C)C(=O)[O-]. The van der Waals surface area contributed by atoms with Crippen LogP contribution in [0.15, 0.2) is 0 Å². The van der Waals surface area contributed by atoms with Crippen molar-refractivity contribution in [3.8, 4) is 0 Å². The molecule has 0 saturated carbocycles. The van der Waals surface area contributed by atoms with Crippen LogP contribution in [-0.4, -0.2) is 82.3 Å². The molecule has 2 unspecified atom stereocenters. The first kappa shape index (κ1) is 62.3. The van der Waals surface area contributed by atoms with E-state index in [1.54, 1.807) is 0 Å². The van der Waals surface area contributed by atoms with Gasteiger partial charge in [0.05, 0.1) is 40.3 Å². The molecule has 0 amide bonds. The van der Waals surface area contributed by atoms with E-state index in [-0.39, 0.29) is 32.2 Å². The van der Waals surface area contributed by atoms with E-state index in [1.165, 1.54) is 212 Å². The average molecular weight is 910 g/mol. The Morgan fingerprint density at radius 2 is 0.703 bits per heavy atom. The lowest BCUT2D eigenvalue weighted by molar-refractivity contribution is -0.870. The summed E-state index contributed by atoms with van der Waals surface area (Å²) in [7, 11) is 5.93. The largest absolute Gasteiger partial charge is 0.545 e. The Labute approximate surface area is 396 Å². The molecule has 0 N–H and O–H groups in total. The summed E-state index contributed by atoms with van der Waals surface area (Å²) < 4.78 is 22.6. The number of unbranched alkanes of at least 4 members (excludes halogenated alkanes) is 37. The van der Waals surface area contributed by atoms with Crippen molar-refractivity contribution in [2.24, 2.45) is 0 Å². The normalized spacial score (nSPS) is 12.7. The number of ether oxygens (including phenoxy) is 4. The number of esters is 2. The summed E-state index contributed by atoms with van der Waals surface area (Å²) in [5.74, 6) is -2.26.